The molecule has 0 fully saturated rings. The van der Waals surface area contributed by atoms with Gasteiger partial charge in [0.2, 0.25) is 5.91 Å². The zero-order valence-corrected chi connectivity index (χ0v) is 20.2. The highest BCUT2D eigenvalue weighted by atomic mass is 32.2. The maximum absolute atomic E-state index is 13.1. The second-order valence-electron chi connectivity index (χ2n) is 8.47. The molecule has 0 radical (unpaired) electrons. The molecule has 0 saturated carbocycles. The average molecular weight is 468 g/mol. The first-order chi connectivity index (χ1) is 16.5. The number of fused-ring (bicyclic) bond motifs is 1. The van der Waals surface area contributed by atoms with E-state index in [1.54, 1.807) is 0 Å². The smallest absolute Gasteiger partial charge is 0.232 e. The van der Waals surface area contributed by atoms with Gasteiger partial charge in [0.05, 0.1) is 23.5 Å². The lowest BCUT2D eigenvalue weighted by atomic mass is 10.0. The van der Waals surface area contributed by atoms with Gasteiger partial charge in [0.1, 0.15) is 5.65 Å². The van der Waals surface area contributed by atoms with Crippen LogP contribution in [0.5, 0.6) is 0 Å². The zero-order valence-electron chi connectivity index (χ0n) is 19.4. The van der Waals surface area contributed by atoms with E-state index >= 15 is 0 Å². The fourth-order valence-electron chi connectivity index (χ4n) is 3.93. The summed E-state index contributed by atoms with van der Waals surface area (Å²) in [4.78, 5) is 17.9. The number of amides is 1. The molecule has 7 heteroatoms. The van der Waals surface area contributed by atoms with Gasteiger partial charge in [-0.15, -0.1) is 5.10 Å². The lowest BCUT2D eigenvalue weighted by Gasteiger charge is -2.13. The van der Waals surface area contributed by atoms with Crippen molar-refractivity contribution in [3.05, 3.63) is 94.8 Å². The third-order valence-electron chi connectivity index (χ3n) is 5.95. The number of thioether (sulfide) groups is 1. The number of amidine groups is 1. The molecule has 5 rings (SSSR count). The van der Waals surface area contributed by atoms with Crippen LogP contribution in [0.3, 0.4) is 0 Å². The maximum Gasteiger partial charge on any atom is 0.232 e. The standard InChI is InChI=1S/C27H25N5OS/c1-17-11-12-32-23(26(28-24(32)13-17)21-10-9-18(2)19(3)14-21)15-25(33)29-27-31-30-22(16-34-27)20-7-5-4-6-8-20/h4-14H,15-16H2,1-3H3,(H,29,31,33). The first kappa shape index (κ1) is 22.1. The zero-order chi connectivity index (χ0) is 23.7. The molecule has 1 amide bonds. The molecular weight excluding hydrogens is 442 g/mol. The third-order valence-corrected chi connectivity index (χ3v) is 6.82. The Balaban J connectivity index is 1.42. The van der Waals surface area contributed by atoms with E-state index in [9.17, 15) is 4.79 Å². The molecule has 1 aliphatic rings. The Kier molecular flexibility index (Phi) is 6.02. The SMILES string of the molecule is Cc1ccn2c(CC(=O)NC3=NN=C(c4ccccc4)CS3)c(-c3ccc(C)c(C)c3)nc2c1. The van der Waals surface area contributed by atoms with Gasteiger partial charge in [-0.3, -0.25) is 4.79 Å². The Morgan fingerprint density at radius 1 is 0.971 bits per heavy atom. The van der Waals surface area contributed by atoms with E-state index in [2.05, 4.69) is 47.6 Å². The van der Waals surface area contributed by atoms with Crippen LogP contribution in [0.15, 0.2) is 77.1 Å². The van der Waals surface area contributed by atoms with Crippen LogP contribution in [0.25, 0.3) is 16.9 Å². The van der Waals surface area contributed by atoms with E-state index in [4.69, 9.17) is 4.98 Å². The number of rotatable bonds is 4. The summed E-state index contributed by atoms with van der Waals surface area (Å²) in [6.45, 7) is 6.22. The minimum atomic E-state index is -0.142. The summed E-state index contributed by atoms with van der Waals surface area (Å²) >= 11 is 1.48. The molecule has 0 atom stereocenters. The molecule has 0 saturated heterocycles. The molecule has 0 aliphatic carbocycles. The van der Waals surface area contributed by atoms with Gasteiger partial charge in [0.25, 0.3) is 0 Å². The number of nitrogens with zero attached hydrogens (tertiary/aromatic N) is 4. The minimum Gasteiger partial charge on any atom is -0.303 e. The van der Waals surface area contributed by atoms with E-state index in [1.807, 2.05) is 60.0 Å². The molecule has 0 unspecified atom stereocenters. The quantitative estimate of drug-likeness (QED) is 0.454. The van der Waals surface area contributed by atoms with Gasteiger partial charge in [-0.25, -0.2) is 4.98 Å². The van der Waals surface area contributed by atoms with E-state index in [-0.39, 0.29) is 12.3 Å². The van der Waals surface area contributed by atoms with Crippen molar-refractivity contribution < 1.29 is 4.79 Å². The number of imidazole rings is 1. The van der Waals surface area contributed by atoms with E-state index < -0.39 is 0 Å². The molecule has 34 heavy (non-hydrogen) atoms. The maximum atomic E-state index is 13.1. The van der Waals surface area contributed by atoms with Crippen LogP contribution in [0.1, 0.15) is 27.9 Å². The molecule has 3 heterocycles. The fraction of sp³-hybridized carbons (Fsp3) is 0.185. The Morgan fingerprint density at radius 3 is 2.53 bits per heavy atom. The summed E-state index contributed by atoms with van der Waals surface area (Å²) in [6.07, 6.45) is 2.16. The minimum absolute atomic E-state index is 0.142. The predicted octanol–water partition coefficient (Wildman–Crippen LogP) is 5.09. The molecule has 1 N–H and O–H groups in total. The molecular formula is C27H25N5OS. The predicted molar refractivity (Wildman–Crippen MR) is 140 cm³/mol. The van der Waals surface area contributed by atoms with Gasteiger partial charge in [0, 0.05) is 17.5 Å². The summed E-state index contributed by atoms with van der Waals surface area (Å²) in [6, 6.07) is 20.3. The molecule has 6 nitrogen and oxygen atoms in total. The third kappa shape index (κ3) is 4.52. The fourth-order valence-corrected chi connectivity index (χ4v) is 4.72. The molecule has 0 bridgehead atoms. The lowest BCUT2D eigenvalue weighted by Crippen LogP contribution is -2.32. The van der Waals surface area contributed by atoms with Crippen molar-refractivity contribution in [3.8, 4) is 11.3 Å². The van der Waals surface area contributed by atoms with Crippen LogP contribution in [0.4, 0.5) is 0 Å². The van der Waals surface area contributed by atoms with Crippen molar-refractivity contribution in [1.82, 2.24) is 14.7 Å². The molecule has 1 aliphatic heterocycles. The normalized spacial score (nSPS) is 13.5. The van der Waals surface area contributed by atoms with Crippen molar-refractivity contribution in [2.75, 3.05) is 5.75 Å². The lowest BCUT2D eigenvalue weighted by molar-refractivity contribution is -0.119. The van der Waals surface area contributed by atoms with Gasteiger partial charge < -0.3 is 9.72 Å². The average Bonchev–Trinajstić information content (AvgIpc) is 3.19. The topological polar surface area (TPSA) is 71.1 Å². The van der Waals surface area contributed by atoms with Crippen molar-refractivity contribution >= 4 is 34.2 Å². The van der Waals surface area contributed by atoms with Crippen LogP contribution in [-0.4, -0.2) is 31.9 Å². The van der Waals surface area contributed by atoms with Gasteiger partial charge in [-0.05, 0) is 61.2 Å². The largest absolute Gasteiger partial charge is 0.303 e. The number of carbonyl (C=O) groups is 1. The van der Waals surface area contributed by atoms with Crippen LogP contribution >= 0.6 is 11.8 Å². The summed E-state index contributed by atoms with van der Waals surface area (Å²) in [5.74, 6) is 0.517. The van der Waals surface area contributed by atoms with Crippen LogP contribution in [-0.2, 0) is 11.2 Å². The number of pyridine rings is 1. The van der Waals surface area contributed by atoms with Gasteiger partial charge in [-0.1, -0.05) is 54.2 Å². The summed E-state index contributed by atoms with van der Waals surface area (Å²) in [5.41, 5.74) is 9.01. The second-order valence-corrected chi connectivity index (χ2v) is 9.43. The number of nitrogens with one attached hydrogen (secondary N) is 1. The van der Waals surface area contributed by atoms with Crippen LogP contribution in [0.2, 0.25) is 0 Å². The molecule has 170 valence electrons. The number of carbonyl (C=O) groups excluding carboxylic acids is 1. The van der Waals surface area contributed by atoms with E-state index in [0.717, 1.165) is 39.4 Å². The van der Waals surface area contributed by atoms with Gasteiger partial charge in [0.15, 0.2) is 5.17 Å². The Morgan fingerprint density at radius 2 is 1.79 bits per heavy atom. The number of hydrogen-bond acceptors (Lipinski definition) is 5. The molecule has 2 aromatic carbocycles. The van der Waals surface area contributed by atoms with E-state index in [0.29, 0.717) is 10.9 Å². The Labute approximate surface area is 202 Å². The van der Waals surface area contributed by atoms with Crippen molar-refractivity contribution in [1.29, 1.82) is 0 Å². The summed E-state index contributed by atoms with van der Waals surface area (Å²) < 4.78 is 2.00. The molecule has 4 aromatic rings. The first-order valence-corrected chi connectivity index (χ1v) is 12.1. The highest BCUT2D eigenvalue weighted by Gasteiger charge is 2.20. The summed E-state index contributed by atoms with van der Waals surface area (Å²) in [7, 11) is 0. The number of aromatic nitrogens is 2. The number of aryl methyl sites for hydroxylation is 3. The summed E-state index contributed by atoms with van der Waals surface area (Å²) in [5, 5.41) is 12.0. The van der Waals surface area contributed by atoms with Crippen molar-refractivity contribution in [3.63, 3.8) is 0 Å². The number of hydrogen-bond donors (Lipinski definition) is 1. The highest BCUT2D eigenvalue weighted by Crippen LogP contribution is 2.27. The number of benzene rings is 2. The monoisotopic (exact) mass is 467 g/mol. The Hall–Kier alpha value is -3.71. The first-order valence-electron chi connectivity index (χ1n) is 11.2. The molecule has 0 spiro atoms. The highest BCUT2D eigenvalue weighted by molar-refractivity contribution is 8.14. The van der Waals surface area contributed by atoms with Gasteiger partial charge >= 0.3 is 0 Å². The van der Waals surface area contributed by atoms with Gasteiger partial charge in [-0.2, -0.15) is 5.10 Å². The van der Waals surface area contributed by atoms with Crippen molar-refractivity contribution in [2.24, 2.45) is 10.2 Å². The van der Waals surface area contributed by atoms with Crippen molar-refractivity contribution in [2.45, 2.75) is 27.2 Å². The Bertz CT molecular complexity index is 1450. The second kappa shape index (κ2) is 9.27. The van der Waals surface area contributed by atoms with Crippen LogP contribution in [0, 0.1) is 20.8 Å². The van der Waals surface area contributed by atoms with Crippen LogP contribution < -0.4 is 5.32 Å². The van der Waals surface area contributed by atoms with E-state index in [1.165, 1.54) is 22.9 Å². The molecule has 2 aromatic heterocycles.